The maximum absolute atomic E-state index is 9.87. The van der Waals surface area contributed by atoms with Crippen LogP contribution in [0.4, 0.5) is 0 Å². The molecule has 0 bridgehead atoms. The van der Waals surface area contributed by atoms with E-state index in [0.717, 1.165) is 11.3 Å². The lowest BCUT2D eigenvalue weighted by molar-refractivity contribution is 0.474. The normalized spacial score (nSPS) is 12.2. The summed E-state index contributed by atoms with van der Waals surface area (Å²) in [5.41, 5.74) is 2.16. The standard InChI is InChI=1S/C17H13Cl2N3OS/c1-20-17-22(21-9-11-4-2-3-5-16(11)23)15(10-24-17)13-8-12(18)6-7-14(13)19/h2-10,23H,1H3. The van der Waals surface area contributed by atoms with Gasteiger partial charge in [0, 0.05) is 28.6 Å². The zero-order valence-electron chi connectivity index (χ0n) is 12.6. The molecule has 0 radical (unpaired) electrons. The third-order valence-corrected chi connectivity index (χ3v) is 4.80. The van der Waals surface area contributed by atoms with E-state index in [9.17, 15) is 5.11 Å². The van der Waals surface area contributed by atoms with Crippen molar-refractivity contribution in [1.29, 1.82) is 0 Å². The van der Waals surface area contributed by atoms with Crippen LogP contribution in [0.25, 0.3) is 11.3 Å². The van der Waals surface area contributed by atoms with Crippen LogP contribution in [0.3, 0.4) is 0 Å². The minimum Gasteiger partial charge on any atom is -0.507 e. The predicted molar refractivity (Wildman–Crippen MR) is 100 cm³/mol. The molecule has 0 atom stereocenters. The number of hydrogen-bond acceptors (Lipinski definition) is 4. The first-order valence-corrected chi connectivity index (χ1v) is 8.65. The van der Waals surface area contributed by atoms with Crippen LogP contribution < -0.4 is 4.80 Å². The van der Waals surface area contributed by atoms with E-state index in [1.54, 1.807) is 54.3 Å². The highest BCUT2D eigenvalue weighted by Gasteiger charge is 2.11. The molecule has 3 aromatic rings. The van der Waals surface area contributed by atoms with Crippen LogP contribution in [-0.2, 0) is 0 Å². The van der Waals surface area contributed by atoms with Crippen molar-refractivity contribution in [3.63, 3.8) is 0 Å². The van der Waals surface area contributed by atoms with Gasteiger partial charge in [-0.1, -0.05) is 35.3 Å². The molecule has 0 aliphatic heterocycles. The fraction of sp³-hybridized carbons (Fsp3) is 0.0588. The number of benzene rings is 2. The molecule has 0 unspecified atom stereocenters. The molecule has 3 rings (SSSR count). The summed E-state index contributed by atoms with van der Waals surface area (Å²) in [6.07, 6.45) is 1.58. The van der Waals surface area contributed by atoms with Gasteiger partial charge in [0.1, 0.15) is 5.75 Å². The molecule has 0 fully saturated rings. The molecule has 0 saturated heterocycles. The summed E-state index contributed by atoms with van der Waals surface area (Å²) >= 11 is 13.8. The lowest BCUT2D eigenvalue weighted by Crippen LogP contribution is -2.11. The first kappa shape index (κ1) is 16.8. The van der Waals surface area contributed by atoms with Gasteiger partial charge in [0.25, 0.3) is 0 Å². The van der Waals surface area contributed by atoms with Crippen LogP contribution in [-0.4, -0.2) is 23.0 Å². The van der Waals surface area contributed by atoms with Gasteiger partial charge in [0.2, 0.25) is 4.80 Å². The summed E-state index contributed by atoms with van der Waals surface area (Å²) in [7, 11) is 1.70. The van der Waals surface area contributed by atoms with E-state index in [1.807, 2.05) is 11.4 Å². The van der Waals surface area contributed by atoms with E-state index < -0.39 is 0 Å². The van der Waals surface area contributed by atoms with Crippen molar-refractivity contribution in [2.75, 3.05) is 7.05 Å². The van der Waals surface area contributed by atoms with Gasteiger partial charge in [0.05, 0.1) is 16.9 Å². The van der Waals surface area contributed by atoms with E-state index >= 15 is 0 Å². The van der Waals surface area contributed by atoms with Crippen LogP contribution in [0.15, 0.2) is 57.9 Å². The van der Waals surface area contributed by atoms with E-state index in [-0.39, 0.29) is 5.75 Å². The number of para-hydroxylation sites is 1. The molecular formula is C17H13Cl2N3OS. The average Bonchev–Trinajstić information content (AvgIpc) is 2.99. The number of phenolic OH excluding ortho intramolecular Hbond substituents is 1. The first-order chi connectivity index (χ1) is 11.6. The first-order valence-electron chi connectivity index (χ1n) is 7.01. The molecule has 0 saturated carbocycles. The van der Waals surface area contributed by atoms with Gasteiger partial charge in [-0.15, -0.1) is 11.3 Å². The van der Waals surface area contributed by atoms with Crippen molar-refractivity contribution < 1.29 is 5.11 Å². The minimum atomic E-state index is 0.161. The van der Waals surface area contributed by atoms with E-state index in [0.29, 0.717) is 20.4 Å². The Morgan fingerprint density at radius 1 is 1.17 bits per heavy atom. The number of thiazole rings is 1. The second kappa shape index (κ2) is 7.21. The summed E-state index contributed by atoms with van der Waals surface area (Å²) < 4.78 is 1.68. The molecule has 2 aromatic carbocycles. The smallest absolute Gasteiger partial charge is 0.205 e. The lowest BCUT2D eigenvalue weighted by Gasteiger charge is -2.06. The Balaban J connectivity index is 2.13. The van der Waals surface area contributed by atoms with Crippen LogP contribution in [0, 0.1) is 0 Å². The molecule has 122 valence electrons. The van der Waals surface area contributed by atoms with Gasteiger partial charge in [-0.2, -0.15) is 5.10 Å². The van der Waals surface area contributed by atoms with Crippen LogP contribution >= 0.6 is 34.5 Å². The van der Waals surface area contributed by atoms with Crippen LogP contribution in [0.2, 0.25) is 10.0 Å². The molecule has 4 nitrogen and oxygen atoms in total. The van der Waals surface area contributed by atoms with Gasteiger partial charge in [-0.3, -0.25) is 4.99 Å². The molecule has 1 N–H and O–H groups in total. The topological polar surface area (TPSA) is 49.9 Å². The van der Waals surface area contributed by atoms with Gasteiger partial charge < -0.3 is 5.11 Å². The van der Waals surface area contributed by atoms with Gasteiger partial charge in [-0.25, -0.2) is 4.68 Å². The van der Waals surface area contributed by atoms with E-state index in [1.165, 1.54) is 11.3 Å². The number of hydrogen-bond donors (Lipinski definition) is 1. The van der Waals surface area contributed by atoms with Crippen molar-refractivity contribution >= 4 is 40.8 Å². The number of phenols is 1. The number of nitrogens with zero attached hydrogens (tertiary/aromatic N) is 3. The summed E-state index contributed by atoms with van der Waals surface area (Å²) in [6, 6.07) is 12.3. The Hall–Kier alpha value is -2.08. The summed E-state index contributed by atoms with van der Waals surface area (Å²) in [6.45, 7) is 0. The second-order valence-corrected chi connectivity index (χ2v) is 6.55. The van der Waals surface area contributed by atoms with Crippen molar-refractivity contribution in [3.05, 3.63) is 68.3 Å². The Kier molecular flexibility index (Phi) is 5.04. The molecule has 1 heterocycles. The summed E-state index contributed by atoms with van der Waals surface area (Å²) in [5.74, 6) is 0.161. The highest BCUT2D eigenvalue weighted by Crippen LogP contribution is 2.31. The van der Waals surface area contributed by atoms with Crippen molar-refractivity contribution in [2.45, 2.75) is 0 Å². The number of rotatable bonds is 3. The molecule has 0 aliphatic carbocycles. The lowest BCUT2D eigenvalue weighted by atomic mass is 10.2. The highest BCUT2D eigenvalue weighted by molar-refractivity contribution is 7.07. The molecular weight excluding hydrogens is 365 g/mol. The maximum Gasteiger partial charge on any atom is 0.205 e. The van der Waals surface area contributed by atoms with Crippen molar-refractivity contribution in [2.24, 2.45) is 10.1 Å². The molecule has 7 heteroatoms. The average molecular weight is 378 g/mol. The Labute approximate surface area is 153 Å². The number of aromatic nitrogens is 1. The number of aromatic hydroxyl groups is 1. The third kappa shape index (κ3) is 3.38. The fourth-order valence-corrected chi connectivity index (χ4v) is 3.34. The largest absolute Gasteiger partial charge is 0.507 e. The zero-order chi connectivity index (χ0) is 17.1. The summed E-state index contributed by atoms with van der Waals surface area (Å²) in [5, 5.41) is 17.4. The van der Waals surface area contributed by atoms with Crippen molar-refractivity contribution in [1.82, 2.24) is 4.68 Å². The quantitative estimate of drug-likeness (QED) is 0.663. The Morgan fingerprint density at radius 2 is 1.96 bits per heavy atom. The highest BCUT2D eigenvalue weighted by atomic mass is 35.5. The number of halogens is 2. The van der Waals surface area contributed by atoms with E-state index in [4.69, 9.17) is 23.2 Å². The minimum absolute atomic E-state index is 0.161. The summed E-state index contributed by atoms with van der Waals surface area (Å²) in [4.78, 5) is 4.93. The maximum atomic E-state index is 9.87. The third-order valence-electron chi connectivity index (χ3n) is 3.33. The van der Waals surface area contributed by atoms with E-state index in [2.05, 4.69) is 10.1 Å². The van der Waals surface area contributed by atoms with Gasteiger partial charge >= 0.3 is 0 Å². The molecule has 24 heavy (non-hydrogen) atoms. The predicted octanol–water partition coefficient (Wildman–Crippen LogP) is 4.64. The van der Waals surface area contributed by atoms with Gasteiger partial charge in [-0.05, 0) is 30.3 Å². The van der Waals surface area contributed by atoms with Crippen molar-refractivity contribution in [3.8, 4) is 17.0 Å². The molecule has 0 aliphatic rings. The monoisotopic (exact) mass is 377 g/mol. The Bertz CT molecular complexity index is 976. The molecule has 1 aromatic heterocycles. The second-order valence-electron chi connectivity index (χ2n) is 4.87. The SMILES string of the molecule is CN=c1scc(-c2cc(Cl)ccc2Cl)n1N=Cc1ccccc1O. The zero-order valence-corrected chi connectivity index (χ0v) is 15.0. The molecule has 0 amide bonds. The molecule has 0 spiro atoms. The van der Waals surface area contributed by atoms with Crippen LogP contribution in [0.5, 0.6) is 5.75 Å². The van der Waals surface area contributed by atoms with Crippen LogP contribution in [0.1, 0.15) is 5.56 Å². The fourth-order valence-electron chi connectivity index (χ4n) is 2.16. The van der Waals surface area contributed by atoms with Gasteiger partial charge in [0.15, 0.2) is 0 Å². The Morgan fingerprint density at radius 3 is 2.71 bits per heavy atom.